The van der Waals surface area contributed by atoms with Crippen molar-refractivity contribution in [2.75, 3.05) is 6.26 Å². The van der Waals surface area contributed by atoms with Crippen LogP contribution in [0.2, 0.25) is 0 Å². The Morgan fingerprint density at radius 1 is 1.33 bits per heavy atom. The lowest BCUT2D eigenvalue weighted by atomic mass is 10.0. The fourth-order valence-electron chi connectivity index (χ4n) is 1.28. The first-order chi connectivity index (χ1) is 6.72. The number of carboxylic acids is 1. The number of carbonyl (C=O) groups is 1. The Bertz CT molecular complexity index is 299. The van der Waals surface area contributed by atoms with E-state index >= 15 is 0 Å². The van der Waals surface area contributed by atoms with Crippen LogP contribution < -0.4 is 4.72 Å². The summed E-state index contributed by atoms with van der Waals surface area (Å²) >= 11 is 0. The van der Waals surface area contributed by atoms with Gasteiger partial charge in [0, 0.05) is 6.04 Å². The van der Waals surface area contributed by atoms with E-state index in [1.165, 1.54) is 0 Å². The van der Waals surface area contributed by atoms with Crippen molar-refractivity contribution in [1.82, 2.24) is 4.72 Å². The Labute approximate surface area is 90.9 Å². The van der Waals surface area contributed by atoms with Crippen LogP contribution in [0.1, 0.15) is 33.1 Å². The average molecular weight is 237 g/mol. The summed E-state index contributed by atoms with van der Waals surface area (Å²) < 4.78 is 24.1. The lowest BCUT2D eigenvalue weighted by Gasteiger charge is -2.12. The van der Waals surface area contributed by atoms with Crippen LogP contribution in [0.4, 0.5) is 0 Å². The first kappa shape index (κ1) is 14.4. The van der Waals surface area contributed by atoms with Crippen molar-refractivity contribution in [1.29, 1.82) is 0 Å². The second kappa shape index (κ2) is 6.07. The highest BCUT2D eigenvalue weighted by molar-refractivity contribution is 7.88. The summed E-state index contributed by atoms with van der Waals surface area (Å²) in [6, 6.07) is -0.138. The Morgan fingerprint density at radius 2 is 1.87 bits per heavy atom. The summed E-state index contributed by atoms with van der Waals surface area (Å²) in [5.74, 6) is -1.17. The molecule has 0 aliphatic rings. The zero-order valence-corrected chi connectivity index (χ0v) is 10.2. The number of rotatable bonds is 7. The van der Waals surface area contributed by atoms with E-state index in [1.54, 1.807) is 13.8 Å². The van der Waals surface area contributed by atoms with Gasteiger partial charge in [0.05, 0.1) is 12.2 Å². The van der Waals surface area contributed by atoms with Crippen LogP contribution in [0.15, 0.2) is 0 Å². The van der Waals surface area contributed by atoms with Gasteiger partial charge in [-0.15, -0.1) is 0 Å². The van der Waals surface area contributed by atoms with Crippen LogP contribution in [-0.4, -0.2) is 31.8 Å². The minimum Gasteiger partial charge on any atom is -0.481 e. The van der Waals surface area contributed by atoms with E-state index in [-0.39, 0.29) is 12.0 Å². The zero-order chi connectivity index (χ0) is 12.1. The highest BCUT2D eigenvalue weighted by atomic mass is 32.2. The molecule has 90 valence electrons. The van der Waals surface area contributed by atoms with Gasteiger partial charge in [-0.1, -0.05) is 13.3 Å². The molecule has 0 rings (SSSR count). The van der Waals surface area contributed by atoms with Crippen LogP contribution in [0, 0.1) is 5.92 Å². The van der Waals surface area contributed by atoms with Gasteiger partial charge in [0.15, 0.2) is 0 Å². The summed E-state index contributed by atoms with van der Waals surface area (Å²) in [6.45, 7) is 3.42. The molecular formula is C9H19NO4S. The van der Waals surface area contributed by atoms with Gasteiger partial charge in [-0.2, -0.15) is 0 Å². The van der Waals surface area contributed by atoms with E-state index in [2.05, 4.69) is 4.72 Å². The maximum atomic E-state index is 10.8. The number of hydrogen-bond acceptors (Lipinski definition) is 3. The van der Waals surface area contributed by atoms with Crippen molar-refractivity contribution in [3.63, 3.8) is 0 Å². The standard InChI is InChI=1S/C9H19NO4S/c1-7(9(11)12)5-4-6-8(2)10-15(3,13)14/h7-8,10H,4-6H2,1-3H3,(H,11,12). The fourth-order valence-corrected chi connectivity index (χ4v) is 2.13. The number of nitrogens with one attached hydrogen (secondary N) is 1. The number of sulfonamides is 1. The summed E-state index contributed by atoms with van der Waals surface area (Å²) in [5.41, 5.74) is 0. The van der Waals surface area contributed by atoms with E-state index in [4.69, 9.17) is 5.11 Å². The van der Waals surface area contributed by atoms with E-state index in [0.717, 1.165) is 6.26 Å². The maximum absolute atomic E-state index is 10.8. The fraction of sp³-hybridized carbons (Fsp3) is 0.889. The molecule has 0 fully saturated rings. The molecule has 0 amide bonds. The topological polar surface area (TPSA) is 83.5 Å². The predicted octanol–water partition coefficient (Wildman–Crippen LogP) is 0.815. The van der Waals surface area contributed by atoms with Crippen molar-refractivity contribution in [2.24, 2.45) is 5.92 Å². The molecule has 2 N–H and O–H groups in total. The number of carboxylic acid groups (broad SMARTS) is 1. The normalized spacial score (nSPS) is 15.9. The van der Waals surface area contributed by atoms with Crippen molar-refractivity contribution < 1.29 is 18.3 Å². The second-order valence-corrected chi connectivity index (χ2v) is 5.74. The third-order valence-corrected chi connectivity index (χ3v) is 2.94. The number of aliphatic carboxylic acids is 1. The van der Waals surface area contributed by atoms with Gasteiger partial charge < -0.3 is 5.11 Å². The Balaban J connectivity index is 3.73. The minimum atomic E-state index is -3.16. The lowest BCUT2D eigenvalue weighted by Crippen LogP contribution is -2.31. The van der Waals surface area contributed by atoms with E-state index in [9.17, 15) is 13.2 Å². The lowest BCUT2D eigenvalue weighted by molar-refractivity contribution is -0.141. The van der Waals surface area contributed by atoms with Gasteiger partial charge in [-0.05, 0) is 19.8 Å². The minimum absolute atomic E-state index is 0.138. The molecule has 0 heterocycles. The van der Waals surface area contributed by atoms with E-state index in [1.807, 2.05) is 0 Å². The Kier molecular flexibility index (Phi) is 5.82. The number of hydrogen-bond donors (Lipinski definition) is 2. The summed E-state index contributed by atoms with van der Waals surface area (Å²) in [4.78, 5) is 10.5. The van der Waals surface area contributed by atoms with Crippen LogP contribution in [0.25, 0.3) is 0 Å². The van der Waals surface area contributed by atoms with Gasteiger partial charge >= 0.3 is 5.97 Å². The van der Waals surface area contributed by atoms with E-state index < -0.39 is 16.0 Å². The molecule has 2 unspecified atom stereocenters. The van der Waals surface area contributed by atoms with Crippen molar-refractivity contribution in [3.05, 3.63) is 0 Å². The molecule has 0 radical (unpaired) electrons. The molecule has 0 aliphatic heterocycles. The molecule has 0 aliphatic carbocycles. The third kappa shape index (κ3) is 8.38. The highest BCUT2D eigenvalue weighted by Gasteiger charge is 2.12. The molecule has 0 aromatic heterocycles. The molecule has 0 saturated heterocycles. The van der Waals surface area contributed by atoms with Crippen molar-refractivity contribution >= 4 is 16.0 Å². The molecular weight excluding hydrogens is 218 g/mol. The monoisotopic (exact) mass is 237 g/mol. The third-order valence-electron chi connectivity index (χ3n) is 2.11. The zero-order valence-electron chi connectivity index (χ0n) is 9.36. The van der Waals surface area contributed by atoms with Gasteiger partial charge in [-0.25, -0.2) is 13.1 Å². The highest BCUT2D eigenvalue weighted by Crippen LogP contribution is 2.09. The van der Waals surface area contributed by atoms with Crippen LogP contribution in [0.3, 0.4) is 0 Å². The van der Waals surface area contributed by atoms with Gasteiger partial charge in [0.2, 0.25) is 10.0 Å². The Hall–Kier alpha value is -0.620. The van der Waals surface area contributed by atoms with Crippen LogP contribution in [0.5, 0.6) is 0 Å². The smallest absolute Gasteiger partial charge is 0.306 e. The quantitative estimate of drug-likeness (QED) is 0.686. The summed E-state index contributed by atoms with van der Waals surface area (Å²) in [5, 5.41) is 8.62. The predicted molar refractivity (Wildman–Crippen MR) is 58.1 cm³/mol. The van der Waals surface area contributed by atoms with Crippen LogP contribution in [-0.2, 0) is 14.8 Å². The molecule has 6 heteroatoms. The second-order valence-electron chi connectivity index (χ2n) is 3.96. The molecule has 15 heavy (non-hydrogen) atoms. The maximum Gasteiger partial charge on any atom is 0.306 e. The largest absolute Gasteiger partial charge is 0.481 e. The molecule has 0 aromatic carbocycles. The van der Waals surface area contributed by atoms with E-state index in [0.29, 0.717) is 19.3 Å². The van der Waals surface area contributed by atoms with Gasteiger partial charge in [-0.3, -0.25) is 4.79 Å². The van der Waals surface area contributed by atoms with Crippen molar-refractivity contribution in [2.45, 2.75) is 39.2 Å². The van der Waals surface area contributed by atoms with Gasteiger partial charge in [0.1, 0.15) is 0 Å². The molecule has 5 nitrogen and oxygen atoms in total. The molecule has 0 aromatic rings. The van der Waals surface area contributed by atoms with Crippen LogP contribution >= 0.6 is 0 Å². The SMILES string of the molecule is CC(CCCC(C)C(=O)O)NS(C)(=O)=O. The molecule has 0 spiro atoms. The van der Waals surface area contributed by atoms with Crippen molar-refractivity contribution in [3.8, 4) is 0 Å². The molecule has 0 bridgehead atoms. The average Bonchev–Trinajstić information content (AvgIpc) is 2.00. The molecule has 0 saturated carbocycles. The van der Waals surface area contributed by atoms with Gasteiger partial charge in [0.25, 0.3) is 0 Å². The molecule has 2 atom stereocenters. The summed E-state index contributed by atoms with van der Waals surface area (Å²) in [6.07, 6.45) is 3.05. The Morgan fingerprint density at radius 3 is 2.27 bits per heavy atom. The first-order valence-corrected chi connectivity index (χ1v) is 6.81. The summed E-state index contributed by atoms with van der Waals surface area (Å²) in [7, 11) is -3.16. The first-order valence-electron chi connectivity index (χ1n) is 4.92.